The van der Waals surface area contributed by atoms with E-state index >= 15 is 0 Å². The first-order valence-electron chi connectivity index (χ1n) is 12.6. The summed E-state index contributed by atoms with van der Waals surface area (Å²) >= 11 is 1.74. The van der Waals surface area contributed by atoms with Crippen LogP contribution < -0.4 is 21.3 Å². The van der Waals surface area contributed by atoms with Gasteiger partial charge in [0, 0.05) is 60.2 Å². The lowest BCUT2D eigenvalue weighted by Crippen LogP contribution is -2.46. The number of piperazine rings is 1. The molecule has 11 heteroatoms. The molecule has 0 spiro atoms. The number of halogens is 1. The van der Waals surface area contributed by atoms with Crippen LogP contribution in [0.2, 0.25) is 0 Å². The monoisotopic (exact) mass is 513 g/mol. The van der Waals surface area contributed by atoms with Gasteiger partial charge in [0.1, 0.15) is 0 Å². The Bertz CT molecular complexity index is 1160. The van der Waals surface area contributed by atoms with Crippen molar-refractivity contribution in [2.24, 2.45) is 23.5 Å². The minimum Gasteiger partial charge on any atom is -0.387 e. The molecule has 36 heavy (non-hydrogen) atoms. The quantitative estimate of drug-likeness (QED) is 0.479. The van der Waals surface area contributed by atoms with E-state index in [1.54, 1.807) is 11.8 Å². The number of amides is 1. The third-order valence-corrected chi connectivity index (χ3v) is 9.75. The standard InChI is InChI=1S/C25H32FN7O2S/c1-32-4-6-33(7-5-32)18-3-2-14-10-15(18)19(34)12-36-20-9-13-8-16(20)22(21(13)23(27)35)30-24-17(26)11-28-25(29-14)31-24/h2-3,10-11,13,16,19-22,34H,4-9,12H2,1H3,(H2,27,35)(H2,28,29,30,31)/t13-,16+,19+,20+,21-,22+/m0/s1. The van der Waals surface area contributed by atoms with Gasteiger partial charge in [-0.15, -0.1) is 0 Å². The van der Waals surface area contributed by atoms with Crippen LogP contribution in [0, 0.1) is 23.6 Å². The van der Waals surface area contributed by atoms with Crippen molar-refractivity contribution in [1.29, 1.82) is 0 Å². The van der Waals surface area contributed by atoms with Crippen molar-refractivity contribution >= 4 is 40.8 Å². The Morgan fingerprint density at radius 2 is 2.06 bits per heavy atom. The van der Waals surface area contributed by atoms with E-state index in [1.165, 1.54) is 0 Å². The molecule has 3 heterocycles. The first-order valence-corrected chi connectivity index (χ1v) is 13.6. The van der Waals surface area contributed by atoms with Crippen LogP contribution in [0.4, 0.5) is 27.5 Å². The van der Waals surface area contributed by atoms with E-state index < -0.39 is 11.9 Å². The molecule has 0 radical (unpaired) electrons. The second-order valence-corrected chi connectivity index (χ2v) is 11.7. The number of aromatic nitrogens is 2. The Hall–Kier alpha value is -2.63. The summed E-state index contributed by atoms with van der Waals surface area (Å²) in [6.45, 7) is 3.73. The van der Waals surface area contributed by atoms with E-state index in [4.69, 9.17) is 5.73 Å². The lowest BCUT2D eigenvalue weighted by Gasteiger charge is -2.37. The lowest BCUT2D eigenvalue weighted by molar-refractivity contribution is -0.123. The van der Waals surface area contributed by atoms with Gasteiger partial charge < -0.3 is 31.3 Å². The van der Waals surface area contributed by atoms with Gasteiger partial charge in [-0.2, -0.15) is 16.7 Å². The highest BCUT2D eigenvalue weighted by molar-refractivity contribution is 7.99. The molecule has 2 aromatic rings. The average Bonchev–Trinajstić information content (AvgIpc) is 3.43. The van der Waals surface area contributed by atoms with Gasteiger partial charge in [0.25, 0.3) is 0 Å². The molecule has 6 atom stereocenters. The third-order valence-electron chi connectivity index (χ3n) is 8.27. The van der Waals surface area contributed by atoms with Crippen LogP contribution in [0.15, 0.2) is 24.4 Å². The molecule has 6 bridgehead atoms. The van der Waals surface area contributed by atoms with E-state index in [-0.39, 0.29) is 46.7 Å². The Balaban J connectivity index is 1.38. The molecule has 2 saturated carbocycles. The summed E-state index contributed by atoms with van der Waals surface area (Å²) in [5.74, 6) is -0.135. The number of fused-ring (bicyclic) bond motifs is 5. The number of primary amides is 1. The predicted molar refractivity (Wildman–Crippen MR) is 139 cm³/mol. The number of rotatable bonds is 2. The van der Waals surface area contributed by atoms with E-state index in [9.17, 15) is 14.3 Å². The summed E-state index contributed by atoms with van der Waals surface area (Å²) in [6.07, 6.45) is 2.21. The van der Waals surface area contributed by atoms with Crippen molar-refractivity contribution < 1.29 is 14.3 Å². The first kappa shape index (κ1) is 23.7. The maximum atomic E-state index is 14.7. The fourth-order valence-corrected chi connectivity index (χ4v) is 7.97. The van der Waals surface area contributed by atoms with Crippen LogP contribution in [-0.4, -0.2) is 76.2 Å². The van der Waals surface area contributed by atoms with E-state index in [2.05, 4.69) is 37.4 Å². The Labute approximate surface area is 214 Å². The van der Waals surface area contributed by atoms with E-state index in [0.717, 1.165) is 62.2 Å². The van der Waals surface area contributed by atoms with Crippen molar-refractivity contribution in [3.63, 3.8) is 0 Å². The molecule has 0 unspecified atom stereocenters. The summed E-state index contributed by atoms with van der Waals surface area (Å²) in [5.41, 5.74) is 8.41. The van der Waals surface area contributed by atoms with Crippen molar-refractivity contribution in [1.82, 2.24) is 14.9 Å². The van der Waals surface area contributed by atoms with Gasteiger partial charge in [0.2, 0.25) is 11.9 Å². The number of nitrogens with two attached hydrogens (primary N) is 1. The molecule has 4 aliphatic rings. The Morgan fingerprint density at radius 3 is 2.83 bits per heavy atom. The van der Waals surface area contributed by atoms with Crippen LogP contribution in [0.5, 0.6) is 0 Å². The van der Waals surface area contributed by atoms with Gasteiger partial charge >= 0.3 is 0 Å². The van der Waals surface area contributed by atoms with E-state index in [0.29, 0.717) is 5.75 Å². The highest BCUT2D eigenvalue weighted by Gasteiger charge is 2.55. The fraction of sp³-hybridized carbons (Fsp3) is 0.560. The molecular formula is C25H32FN7O2S. The number of benzene rings is 1. The number of anilines is 4. The molecule has 6 rings (SSSR count). The maximum Gasteiger partial charge on any atom is 0.229 e. The smallest absolute Gasteiger partial charge is 0.229 e. The third kappa shape index (κ3) is 4.26. The van der Waals surface area contributed by atoms with Crippen molar-refractivity contribution in [2.75, 3.05) is 54.5 Å². The molecule has 2 aliphatic carbocycles. The minimum absolute atomic E-state index is 0.0754. The topological polar surface area (TPSA) is 120 Å². The Morgan fingerprint density at radius 1 is 1.25 bits per heavy atom. The normalized spacial score (nSPS) is 31.9. The van der Waals surface area contributed by atoms with Gasteiger partial charge in [-0.3, -0.25) is 4.79 Å². The van der Waals surface area contributed by atoms with Gasteiger partial charge in [0.15, 0.2) is 11.6 Å². The summed E-state index contributed by atoms with van der Waals surface area (Å²) in [7, 11) is 2.12. The summed E-state index contributed by atoms with van der Waals surface area (Å²) in [4.78, 5) is 25.5. The number of carbonyl (C=O) groups excluding carboxylic acids is 1. The van der Waals surface area contributed by atoms with Gasteiger partial charge in [-0.25, -0.2) is 9.37 Å². The van der Waals surface area contributed by atoms with Crippen molar-refractivity contribution in [3.8, 4) is 0 Å². The molecule has 1 aromatic heterocycles. The number of nitrogens with zero attached hydrogens (tertiary/aromatic N) is 4. The predicted octanol–water partition coefficient (Wildman–Crippen LogP) is 2.18. The van der Waals surface area contributed by atoms with E-state index in [1.807, 2.05) is 18.2 Å². The number of likely N-dealkylation sites (N-methyl/N-ethyl adjacent to an activating group) is 1. The molecule has 1 amide bonds. The first-order chi connectivity index (χ1) is 17.4. The zero-order valence-corrected chi connectivity index (χ0v) is 21.0. The molecule has 2 aliphatic heterocycles. The number of hydrogen-bond donors (Lipinski definition) is 4. The Kier molecular flexibility index (Phi) is 6.17. The number of aliphatic hydroxyl groups is 1. The lowest BCUT2D eigenvalue weighted by atomic mass is 9.83. The van der Waals surface area contributed by atoms with Crippen LogP contribution in [-0.2, 0) is 4.79 Å². The molecular weight excluding hydrogens is 481 g/mol. The van der Waals surface area contributed by atoms with Crippen LogP contribution >= 0.6 is 11.8 Å². The largest absolute Gasteiger partial charge is 0.387 e. The zero-order valence-electron chi connectivity index (χ0n) is 20.2. The number of carbonyl (C=O) groups is 1. The van der Waals surface area contributed by atoms with Gasteiger partial charge in [0.05, 0.1) is 18.2 Å². The fourth-order valence-electron chi connectivity index (χ4n) is 6.45. The summed E-state index contributed by atoms with van der Waals surface area (Å²) in [5, 5.41) is 18.0. The molecule has 1 aromatic carbocycles. The molecule has 9 nitrogen and oxygen atoms in total. The molecule has 3 fully saturated rings. The van der Waals surface area contributed by atoms with Gasteiger partial charge in [-0.1, -0.05) is 0 Å². The average molecular weight is 514 g/mol. The highest BCUT2D eigenvalue weighted by Crippen LogP contribution is 2.54. The van der Waals surface area contributed by atoms with Gasteiger partial charge in [-0.05, 0) is 49.9 Å². The molecule has 192 valence electrons. The van der Waals surface area contributed by atoms with Crippen molar-refractivity contribution in [2.45, 2.75) is 30.2 Å². The number of hydrogen-bond acceptors (Lipinski definition) is 9. The summed E-state index contributed by atoms with van der Waals surface area (Å²) < 4.78 is 14.7. The number of thioether (sulfide) groups is 1. The second-order valence-electron chi connectivity index (χ2n) is 10.5. The number of nitrogens with one attached hydrogen (secondary N) is 2. The summed E-state index contributed by atoms with van der Waals surface area (Å²) in [6, 6.07) is 5.64. The second kappa shape index (κ2) is 9.35. The van der Waals surface area contributed by atoms with Crippen molar-refractivity contribution in [3.05, 3.63) is 35.8 Å². The SMILES string of the molecule is CN1CCN(c2ccc3cc2[C@H](O)CS[C@@H]2C[C@@H]4C[C@H]2[C@@H](Nc2nc(ncc2F)N3)[C@H]4C(N)=O)CC1. The molecule has 1 saturated heterocycles. The maximum absolute atomic E-state index is 14.7. The van der Waals surface area contributed by atoms with Crippen LogP contribution in [0.3, 0.4) is 0 Å². The zero-order chi connectivity index (χ0) is 25.0. The minimum atomic E-state index is -0.656. The van der Waals surface area contributed by atoms with Crippen LogP contribution in [0.25, 0.3) is 0 Å². The highest BCUT2D eigenvalue weighted by atomic mass is 32.2. The molecule has 5 N–H and O–H groups in total. The van der Waals surface area contributed by atoms with Crippen LogP contribution in [0.1, 0.15) is 24.5 Å². The number of aliphatic hydroxyl groups excluding tert-OH is 1.